The maximum atomic E-state index is 13.8. The minimum absolute atomic E-state index is 0.150. The van der Waals surface area contributed by atoms with Crippen molar-refractivity contribution in [3.63, 3.8) is 0 Å². The van der Waals surface area contributed by atoms with E-state index in [2.05, 4.69) is 5.73 Å². The van der Waals surface area contributed by atoms with Crippen LogP contribution >= 0.6 is 11.6 Å². The molecule has 29 heavy (non-hydrogen) atoms. The van der Waals surface area contributed by atoms with E-state index >= 15 is 0 Å². The second-order valence-electron chi connectivity index (χ2n) is 8.24. The smallest absolute Gasteiger partial charge is 0.321 e. The number of carbonyl (C=O) groups excluding carboxylic acids is 2. The van der Waals surface area contributed by atoms with Crippen molar-refractivity contribution in [1.29, 1.82) is 0 Å². The first-order valence-electron chi connectivity index (χ1n) is 9.87. The Morgan fingerprint density at radius 2 is 1.76 bits per heavy atom. The van der Waals surface area contributed by atoms with Gasteiger partial charge in [-0.15, -0.1) is 17.3 Å². The van der Waals surface area contributed by atoms with Crippen molar-refractivity contribution in [2.75, 3.05) is 28.4 Å². The molecule has 0 heterocycles. The van der Waals surface area contributed by atoms with Crippen molar-refractivity contribution in [1.82, 2.24) is 0 Å². The Kier molecular flexibility index (Phi) is 5.78. The summed E-state index contributed by atoms with van der Waals surface area (Å²) in [5, 5.41) is 0. The molecule has 0 aromatic rings. The zero-order valence-electron chi connectivity index (χ0n) is 17.7. The Hall–Kier alpha value is -1.59. The number of methoxy groups -OCH3 is 4. The van der Waals surface area contributed by atoms with Crippen LogP contribution in [0.1, 0.15) is 45.4 Å². The molecule has 0 N–H and O–H groups in total. The van der Waals surface area contributed by atoms with Crippen molar-refractivity contribution in [3.8, 4) is 0 Å². The van der Waals surface area contributed by atoms with Crippen LogP contribution in [-0.2, 0) is 28.5 Å². The molecule has 0 amide bonds. The molecule has 2 fully saturated rings. The van der Waals surface area contributed by atoms with Gasteiger partial charge in [-0.3, -0.25) is 9.59 Å². The Labute approximate surface area is 176 Å². The van der Waals surface area contributed by atoms with E-state index in [9.17, 15) is 9.59 Å². The largest absolute Gasteiger partial charge is 0.499 e. The van der Waals surface area contributed by atoms with Crippen molar-refractivity contribution in [2.45, 2.75) is 56.1 Å². The van der Waals surface area contributed by atoms with Gasteiger partial charge in [0.05, 0.1) is 14.2 Å². The van der Waals surface area contributed by atoms with Crippen LogP contribution in [-0.4, -0.2) is 50.9 Å². The number of Topliss-reactive ketones (excluding diaryl/α,β-unsaturated/α-hetero) is 1. The lowest BCUT2D eigenvalue weighted by Gasteiger charge is -2.61. The predicted molar refractivity (Wildman–Crippen MR) is 107 cm³/mol. The van der Waals surface area contributed by atoms with Gasteiger partial charge in [-0.1, -0.05) is 13.3 Å². The molecule has 0 unspecified atom stereocenters. The van der Waals surface area contributed by atoms with Gasteiger partial charge in [0.15, 0.2) is 10.3 Å². The third-order valence-electron chi connectivity index (χ3n) is 6.75. The SMILES string of the molecule is COC(=O)[C@@]12C=C(OC)[C@@](Cl)(C(=O)C1(OC)OC)[C@@](C)(C=C=C1CCCCC1)C2. The van der Waals surface area contributed by atoms with Gasteiger partial charge in [0, 0.05) is 19.6 Å². The highest BCUT2D eigenvalue weighted by Gasteiger charge is 2.80. The zero-order valence-corrected chi connectivity index (χ0v) is 18.5. The Morgan fingerprint density at radius 1 is 1.14 bits per heavy atom. The molecule has 4 aliphatic rings. The minimum Gasteiger partial charge on any atom is -0.499 e. The zero-order chi connectivity index (χ0) is 21.5. The van der Waals surface area contributed by atoms with E-state index in [4.69, 9.17) is 30.5 Å². The van der Waals surface area contributed by atoms with Crippen molar-refractivity contribution >= 4 is 23.4 Å². The third-order valence-corrected chi connectivity index (χ3v) is 7.54. The molecule has 2 saturated carbocycles. The molecule has 0 aromatic carbocycles. The summed E-state index contributed by atoms with van der Waals surface area (Å²) in [5.41, 5.74) is 2.07. The maximum absolute atomic E-state index is 13.8. The number of ketones is 1. The fourth-order valence-corrected chi connectivity index (χ4v) is 5.56. The van der Waals surface area contributed by atoms with Gasteiger partial charge in [-0.25, -0.2) is 0 Å². The van der Waals surface area contributed by atoms with Crippen LogP contribution in [0.5, 0.6) is 0 Å². The molecule has 4 aliphatic carbocycles. The average molecular weight is 425 g/mol. The van der Waals surface area contributed by atoms with Crippen LogP contribution in [0.3, 0.4) is 0 Å². The molecule has 0 aromatic heterocycles. The van der Waals surface area contributed by atoms with Gasteiger partial charge < -0.3 is 18.9 Å². The second kappa shape index (κ2) is 7.59. The highest BCUT2D eigenvalue weighted by Crippen LogP contribution is 2.66. The van der Waals surface area contributed by atoms with Crippen LogP contribution in [0.25, 0.3) is 0 Å². The van der Waals surface area contributed by atoms with E-state index in [1.165, 1.54) is 46.5 Å². The molecular formula is C22H29ClO6. The molecule has 4 rings (SSSR count). The predicted octanol–water partition coefficient (Wildman–Crippen LogP) is 3.68. The summed E-state index contributed by atoms with van der Waals surface area (Å²) in [6, 6.07) is 0. The highest BCUT2D eigenvalue weighted by molar-refractivity contribution is 6.40. The lowest BCUT2D eigenvalue weighted by Crippen LogP contribution is -2.76. The Balaban J connectivity index is 2.27. The molecule has 0 spiro atoms. The molecule has 0 saturated heterocycles. The van der Waals surface area contributed by atoms with Gasteiger partial charge in [-0.2, -0.15) is 0 Å². The second-order valence-corrected chi connectivity index (χ2v) is 8.80. The van der Waals surface area contributed by atoms with E-state index in [0.29, 0.717) is 0 Å². The number of halogens is 1. The summed E-state index contributed by atoms with van der Waals surface area (Å²) in [6.07, 6.45) is 8.94. The average Bonchev–Trinajstić information content (AvgIpc) is 2.75. The maximum Gasteiger partial charge on any atom is 0.321 e. The molecule has 7 heteroatoms. The first-order chi connectivity index (χ1) is 13.7. The summed E-state index contributed by atoms with van der Waals surface area (Å²) in [5.74, 6) is -2.94. The molecule has 0 radical (unpaired) electrons. The van der Waals surface area contributed by atoms with Gasteiger partial charge in [0.25, 0.3) is 5.79 Å². The Bertz CT molecular complexity index is 798. The summed E-state index contributed by atoms with van der Waals surface area (Å²) < 4.78 is 21.7. The number of hydrogen-bond donors (Lipinski definition) is 0. The van der Waals surface area contributed by atoms with Crippen LogP contribution < -0.4 is 0 Å². The number of ether oxygens (including phenoxy) is 4. The standard InChI is InChI=1S/C22H29ClO6/c1-19(12-11-15-9-7-6-8-10-15)14-20(18(25)27-3)13-16(26-2)21(19,23)17(24)22(20,28-4)29-5/h12-13H,6-10,14H2,1-5H3/t19-,20-,21+/m0/s1. The molecule has 160 valence electrons. The summed E-state index contributed by atoms with van der Waals surface area (Å²) >= 11 is 7.06. The summed E-state index contributed by atoms with van der Waals surface area (Å²) in [4.78, 5) is 25.2. The van der Waals surface area contributed by atoms with Crippen LogP contribution in [0, 0.1) is 10.8 Å². The molecule has 6 nitrogen and oxygen atoms in total. The van der Waals surface area contributed by atoms with Crippen LogP contribution in [0.4, 0.5) is 0 Å². The van der Waals surface area contributed by atoms with E-state index in [-0.39, 0.29) is 12.2 Å². The number of esters is 1. The molecule has 3 atom stereocenters. The highest BCUT2D eigenvalue weighted by atomic mass is 35.5. The quantitative estimate of drug-likeness (QED) is 0.290. The monoisotopic (exact) mass is 424 g/mol. The number of fused-ring (bicyclic) bond motifs is 2. The van der Waals surface area contributed by atoms with E-state index < -0.39 is 33.2 Å². The lowest BCUT2D eigenvalue weighted by atomic mass is 9.49. The van der Waals surface area contributed by atoms with E-state index in [0.717, 1.165) is 25.7 Å². The van der Waals surface area contributed by atoms with Crippen molar-refractivity contribution in [3.05, 3.63) is 29.2 Å². The number of rotatable bonds is 5. The van der Waals surface area contributed by atoms with E-state index in [1.807, 2.05) is 13.0 Å². The Morgan fingerprint density at radius 3 is 2.28 bits per heavy atom. The first-order valence-corrected chi connectivity index (χ1v) is 10.2. The minimum atomic E-state index is -1.91. The van der Waals surface area contributed by atoms with Crippen molar-refractivity contribution in [2.24, 2.45) is 10.8 Å². The molecule has 0 aliphatic heterocycles. The van der Waals surface area contributed by atoms with Gasteiger partial charge >= 0.3 is 5.97 Å². The molecule has 2 bridgehead atoms. The first kappa shape index (κ1) is 22.1. The topological polar surface area (TPSA) is 71.1 Å². The fourth-order valence-electron chi connectivity index (χ4n) is 5.18. The number of alkyl halides is 1. The van der Waals surface area contributed by atoms with Gasteiger partial charge in [-0.05, 0) is 49.8 Å². The molecular weight excluding hydrogens is 396 g/mol. The third kappa shape index (κ3) is 2.77. The fraction of sp³-hybridized carbons (Fsp3) is 0.682. The van der Waals surface area contributed by atoms with Gasteiger partial charge in [0.2, 0.25) is 5.78 Å². The number of hydrogen-bond acceptors (Lipinski definition) is 6. The summed E-state index contributed by atoms with van der Waals surface area (Å²) in [6.45, 7) is 1.84. The van der Waals surface area contributed by atoms with Gasteiger partial charge in [0.1, 0.15) is 5.76 Å². The van der Waals surface area contributed by atoms with Crippen molar-refractivity contribution < 1.29 is 28.5 Å². The van der Waals surface area contributed by atoms with Crippen LogP contribution in [0.15, 0.2) is 29.2 Å². The lowest BCUT2D eigenvalue weighted by molar-refractivity contribution is -0.273. The normalized spacial score (nSPS) is 35.6. The van der Waals surface area contributed by atoms with Crippen LogP contribution in [0.2, 0.25) is 0 Å². The van der Waals surface area contributed by atoms with E-state index in [1.54, 1.807) is 0 Å². The summed E-state index contributed by atoms with van der Waals surface area (Å²) in [7, 11) is 5.35. The number of carbonyl (C=O) groups is 2. The number of allylic oxidation sites excluding steroid dienone is 2.